The first-order valence-electron chi connectivity index (χ1n) is 9.76. The lowest BCUT2D eigenvalue weighted by Crippen LogP contribution is -2.48. The predicted molar refractivity (Wildman–Crippen MR) is 99.9 cm³/mol. The summed E-state index contributed by atoms with van der Waals surface area (Å²) in [5.74, 6) is 3.38. The molecule has 3 unspecified atom stereocenters. The number of hydrogen-bond acceptors (Lipinski definition) is 2. The third-order valence-electron chi connectivity index (χ3n) is 5.29. The maximum absolute atomic E-state index is 4.44. The molecule has 0 aromatic rings. The topological polar surface area (TPSA) is 39.7 Å². The number of likely N-dealkylation sites (tertiary alicyclic amines) is 1. The molecule has 0 aromatic heterocycles. The van der Waals surface area contributed by atoms with Crippen molar-refractivity contribution in [3.63, 3.8) is 0 Å². The Morgan fingerprint density at radius 1 is 1.22 bits per heavy atom. The zero-order valence-corrected chi connectivity index (χ0v) is 15.8. The fourth-order valence-electron chi connectivity index (χ4n) is 4.19. The van der Waals surface area contributed by atoms with E-state index in [9.17, 15) is 0 Å². The normalized spacial score (nSPS) is 30.5. The molecule has 1 aliphatic carbocycles. The molecule has 23 heavy (non-hydrogen) atoms. The first-order chi connectivity index (χ1) is 11.1. The molecule has 0 spiro atoms. The van der Waals surface area contributed by atoms with Gasteiger partial charge in [0, 0.05) is 32.7 Å². The lowest BCUT2D eigenvalue weighted by molar-refractivity contribution is 0.159. The molecule has 0 radical (unpaired) electrons. The highest BCUT2D eigenvalue weighted by molar-refractivity contribution is 5.79. The predicted octanol–water partition coefficient (Wildman–Crippen LogP) is 3.10. The van der Waals surface area contributed by atoms with Crippen LogP contribution in [0.15, 0.2) is 4.99 Å². The Morgan fingerprint density at radius 2 is 2.04 bits per heavy atom. The number of rotatable bonds is 5. The van der Waals surface area contributed by atoms with Crippen LogP contribution in [0.5, 0.6) is 0 Å². The molecule has 0 bridgehead atoms. The molecule has 0 amide bonds. The van der Waals surface area contributed by atoms with Gasteiger partial charge < -0.3 is 15.5 Å². The first kappa shape index (κ1) is 18.6. The van der Waals surface area contributed by atoms with Crippen molar-refractivity contribution >= 4 is 5.96 Å². The molecule has 1 heterocycles. The molecular weight excluding hydrogens is 284 g/mol. The smallest absolute Gasteiger partial charge is 0.191 e. The number of nitrogens with zero attached hydrogens (tertiary/aromatic N) is 2. The van der Waals surface area contributed by atoms with Gasteiger partial charge in [-0.1, -0.05) is 33.6 Å². The molecule has 2 rings (SSSR count). The minimum atomic E-state index is 0.605. The van der Waals surface area contributed by atoms with E-state index in [1.54, 1.807) is 0 Å². The average molecular weight is 323 g/mol. The molecule has 1 aliphatic heterocycles. The van der Waals surface area contributed by atoms with Gasteiger partial charge in [-0.3, -0.25) is 4.99 Å². The molecular formula is C19H38N4. The average Bonchev–Trinajstić information content (AvgIpc) is 2.51. The van der Waals surface area contributed by atoms with Crippen LogP contribution in [0.3, 0.4) is 0 Å². The summed E-state index contributed by atoms with van der Waals surface area (Å²) in [6, 6.07) is 0.605. The van der Waals surface area contributed by atoms with Gasteiger partial charge in [-0.2, -0.15) is 0 Å². The van der Waals surface area contributed by atoms with E-state index in [1.165, 1.54) is 58.2 Å². The largest absolute Gasteiger partial charge is 0.356 e. The summed E-state index contributed by atoms with van der Waals surface area (Å²) in [5, 5.41) is 7.23. The SMILES string of the molecule is CN=C(NCC1CCCN(CC(C)C)C1)NC1CCCC(C)C1. The molecule has 2 aliphatic rings. The highest BCUT2D eigenvalue weighted by Gasteiger charge is 2.22. The lowest BCUT2D eigenvalue weighted by Gasteiger charge is -2.34. The van der Waals surface area contributed by atoms with E-state index in [2.05, 4.69) is 41.3 Å². The highest BCUT2D eigenvalue weighted by Crippen LogP contribution is 2.23. The van der Waals surface area contributed by atoms with Crippen molar-refractivity contribution in [2.75, 3.05) is 33.2 Å². The Labute approximate surface area is 143 Å². The van der Waals surface area contributed by atoms with E-state index in [1.807, 2.05) is 7.05 Å². The molecule has 134 valence electrons. The number of hydrogen-bond donors (Lipinski definition) is 2. The van der Waals surface area contributed by atoms with Gasteiger partial charge in [0.05, 0.1) is 0 Å². The lowest BCUT2D eigenvalue weighted by atomic mass is 9.87. The van der Waals surface area contributed by atoms with Crippen LogP contribution in [-0.4, -0.2) is 50.1 Å². The summed E-state index contributed by atoms with van der Waals surface area (Å²) in [6.07, 6.45) is 7.99. The van der Waals surface area contributed by atoms with Crippen LogP contribution in [0.2, 0.25) is 0 Å². The maximum atomic E-state index is 4.44. The molecule has 2 N–H and O–H groups in total. The van der Waals surface area contributed by atoms with Crippen molar-refractivity contribution in [1.82, 2.24) is 15.5 Å². The summed E-state index contributed by atoms with van der Waals surface area (Å²) in [5.41, 5.74) is 0. The Hall–Kier alpha value is -0.770. The molecule has 1 saturated heterocycles. The van der Waals surface area contributed by atoms with Crippen LogP contribution < -0.4 is 10.6 Å². The van der Waals surface area contributed by atoms with Gasteiger partial charge >= 0.3 is 0 Å². The minimum Gasteiger partial charge on any atom is -0.356 e. The summed E-state index contributed by atoms with van der Waals surface area (Å²) in [6.45, 7) is 11.8. The van der Waals surface area contributed by atoms with Gasteiger partial charge in [0.15, 0.2) is 5.96 Å². The number of nitrogens with one attached hydrogen (secondary N) is 2. The molecule has 4 heteroatoms. The molecule has 4 nitrogen and oxygen atoms in total. The van der Waals surface area contributed by atoms with Gasteiger partial charge in [-0.05, 0) is 50.0 Å². The van der Waals surface area contributed by atoms with E-state index < -0.39 is 0 Å². The third kappa shape index (κ3) is 6.70. The van der Waals surface area contributed by atoms with Crippen molar-refractivity contribution in [3.8, 4) is 0 Å². The number of aliphatic imine (C=N–C) groups is 1. The van der Waals surface area contributed by atoms with Crippen molar-refractivity contribution in [3.05, 3.63) is 0 Å². The third-order valence-corrected chi connectivity index (χ3v) is 5.29. The fourth-order valence-corrected chi connectivity index (χ4v) is 4.19. The van der Waals surface area contributed by atoms with Gasteiger partial charge in [0.2, 0.25) is 0 Å². The number of guanidine groups is 1. The van der Waals surface area contributed by atoms with E-state index in [4.69, 9.17) is 0 Å². The van der Waals surface area contributed by atoms with Gasteiger partial charge in [0.1, 0.15) is 0 Å². The van der Waals surface area contributed by atoms with Gasteiger partial charge in [-0.25, -0.2) is 0 Å². The van der Waals surface area contributed by atoms with Crippen molar-refractivity contribution in [2.24, 2.45) is 22.7 Å². The second-order valence-electron chi connectivity index (χ2n) is 8.23. The molecule has 3 atom stereocenters. The first-order valence-corrected chi connectivity index (χ1v) is 9.76. The van der Waals surface area contributed by atoms with Crippen molar-refractivity contribution < 1.29 is 0 Å². The summed E-state index contributed by atoms with van der Waals surface area (Å²) < 4.78 is 0. The summed E-state index contributed by atoms with van der Waals surface area (Å²) >= 11 is 0. The zero-order chi connectivity index (χ0) is 16.7. The summed E-state index contributed by atoms with van der Waals surface area (Å²) in [4.78, 5) is 7.08. The van der Waals surface area contributed by atoms with Crippen LogP contribution in [0.1, 0.15) is 59.3 Å². The van der Waals surface area contributed by atoms with E-state index >= 15 is 0 Å². The Morgan fingerprint density at radius 3 is 2.74 bits per heavy atom. The molecule has 1 saturated carbocycles. The Balaban J connectivity index is 1.72. The fraction of sp³-hybridized carbons (Fsp3) is 0.947. The van der Waals surface area contributed by atoms with Crippen molar-refractivity contribution in [1.29, 1.82) is 0 Å². The standard InChI is InChI=1S/C19H38N4/c1-15(2)13-23-10-6-8-17(14-23)12-21-19(20-4)22-18-9-5-7-16(3)11-18/h15-18H,5-14H2,1-4H3,(H2,20,21,22). The zero-order valence-electron chi connectivity index (χ0n) is 15.8. The number of piperidine rings is 1. The second-order valence-corrected chi connectivity index (χ2v) is 8.23. The molecule has 0 aromatic carbocycles. The van der Waals surface area contributed by atoms with E-state index in [0.717, 1.165) is 30.3 Å². The van der Waals surface area contributed by atoms with Crippen LogP contribution in [0, 0.1) is 17.8 Å². The van der Waals surface area contributed by atoms with Crippen LogP contribution in [0.25, 0.3) is 0 Å². The minimum absolute atomic E-state index is 0.605. The van der Waals surface area contributed by atoms with Crippen molar-refractivity contribution in [2.45, 2.75) is 65.3 Å². The maximum Gasteiger partial charge on any atom is 0.191 e. The monoisotopic (exact) mass is 322 g/mol. The van der Waals surface area contributed by atoms with E-state index in [-0.39, 0.29) is 0 Å². The van der Waals surface area contributed by atoms with Crippen LogP contribution in [-0.2, 0) is 0 Å². The van der Waals surface area contributed by atoms with Gasteiger partial charge in [0.25, 0.3) is 0 Å². The highest BCUT2D eigenvalue weighted by atomic mass is 15.2. The van der Waals surface area contributed by atoms with Crippen LogP contribution in [0.4, 0.5) is 0 Å². The second kappa shape index (κ2) is 9.51. The van der Waals surface area contributed by atoms with E-state index in [0.29, 0.717) is 6.04 Å². The van der Waals surface area contributed by atoms with Crippen LogP contribution >= 0.6 is 0 Å². The quantitative estimate of drug-likeness (QED) is 0.603. The summed E-state index contributed by atoms with van der Waals surface area (Å²) in [7, 11) is 1.90. The molecule has 2 fully saturated rings. The van der Waals surface area contributed by atoms with Gasteiger partial charge in [-0.15, -0.1) is 0 Å². The Kier molecular flexibility index (Phi) is 7.68. The Bertz CT molecular complexity index is 366.